The fourth-order valence-corrected chi connectivity index (χ4v) is 2.27. The number of methoxy groups -OCH3 is 1. The predicted molar refractivity (Wildman–Crippen MR) is 69.6 cm³/mol. The number of carbonyl (C=O) groups is 1. The van der Waals surface area contributed by atoms with Crippen LogP contribution in [0.15, 0.2) is 23.6 Å². The second-order valence-corrected chi connectivity index (χ2v) is 4.54. The van der Waals surface area contributed by atoms with Crippen molar-refractivity contribution in [2.75, 3.05) is 18.2 Å². The van der Waals surface area contributed by atoms with Crippen LogP contribution < -0.4 is 15.8 Å². The van der Waals surface area contributed by atoms with E-state index < -0.39 is 17.5 Å². The molecule has 1 aromatic carbocycles. The standard InChI is InChI=1S/C12H10F2N2O2S/c1-18-9-2-3-19-11(9)12(17)16-10-7(14)4-6(13)5-8(10)15/h2-5H,15H2,1H3,(H,16,17). The molecule has 0 aliphatic heterocycles. The molecule has 100 valence electrons. The highest BCUT2D eigenvalue weighted by Gasteiger charge is 2.17. The highest BCUT2D eigenvalue weighted by atomic mass is 32.1. The van der Waals surface area contributed by atoms with Gasteiger partial charge in [0.15, 0.2) is 5.82 Å². The van der Waals surface area contributed by atoms with Crippen molar-refractivity contribution < 1.29 is 18.3 Å². The molecule has 4 nitrogen and oxygen atoms in total. The number of carbonyl (C=O) groups excluding carboxylic acids is 1. The van der Waals surface area contributed by atoms with E-state index in [4.69, 9.17) is 10.5 Å². The van der Waals surface area contributed by atoms with E-state index in [1.54, 1.807) is 11.4 Å². The zero-order valence-corrected chi connectivity index (χ0v) is 10.7. The molecule has 0 fully saturated rings. The Hall–Kier alpha value is -2.15. The van der Waals surface area contributed by atoms with Crippen LogP contribution in [0, 0.1) is 11.6 Å². The summed E-state index contributed by atoms with van der Waals surface area (Å²) >= 11 is 1.14. The first-order valence-corrected chi connectivity index (χ1v) is 6.08. The van der Waals surface area contributed by atoms with Gasteiger partial charge in [-0.2, -0.15) is 0 Å². The highest BCUT2D eigenvalue weighted by Crippen LogP contribution is 2.28. The summed E-state index contributed by atoms with van der Waals surface area (Å²) in [7, 11) is 1.42. The largest absolute Gasteiger partial charge is 0.495 e. The SMILES string of the molecule is COc1ccsc1C(=O)Nc1c(N)cc(F)cc1F. The van der Waals surface area contributed by atoms with E-state index in [-0.39, 0.29) is 16.3 Å². The Morgan fingerprint density at radius 2 is 2.16 bits per heavy atom. The third kappa shape index (κ3) is 2.65. The lowest BCUT2D eigenvalue weighted by Crippen LogP contribution is -2.14. The molecule has 1 aromatic heterocycles. The van der Waals surface area contributed by atoms with Gasteiger partial charge in [0.2, 0.25) is 0 Å². The van der Waals surface area contributed by atoms with E-state index in [0.717, 1.165) is 17.4 Å². The number of benzene rings is 1. The second kappa shape index (κ2) is 5.23. The summed E-state index contributed by atoms with van der Waals surface area (Å²) in [5, 5.41) is 3.97. The first kappa shape index (κ1) is 13.3. The summed E-state index contributed by atoms with van der Waals surface area (Å²) < 4.78 is 31.4. The van der Waals surface area contributed by atoms with Crippen molar-refractivity contribution in [3.05, 3.63) is 40.1 Å². The molecule has 19 heavy (non-hydrogen) atoms. The molecule has 0 aliphatic rings. The smallest absolute Gasteiger partial charge is 0.269 e. The van der Waals surface area contributed by atoms with Crippen molar-refractivity contribution in [3.63, 3.8) is 0 Å². The number of hydrogen-bond acceptors (Lipinski definition) is 4. The Labute approximate surface area is 111 Å². The summed E-state index contributed by atoms with van der Waals surface area (Å²) in [4.78, 5) is 12.2. The molecule has 7 heteroatoms. The van der Waals surface area contributed by atoms with E-state index in [2.05, 4.69) is 5.32 Å². The van der Waals surface area contributed by atoms with E-state index in [9.17, 15) is 13.6 Å². The van der Waals surface area contributed by atoms with Gasteiger partial charge in [0, 0.05) is 6.07 Å². The van der Waals surface area contributed by atoms with Crippen LogP contribution in [0.2, 0.25) is 0 Å². The molecule has 0 saturated carbocycles. The van der Waals surface area contributed by atoms with Crippen LogP contribution in [0.4, 0.5) is 20.2 Å². The van der Waals surface area contributed by atoms with Gasteiger partial charge >= 0.3 is 0 Å². The summed E-state index contributed by atoms with van der Waals surface area (Å²) in [5.41, 5.74) is 5.04. The van der Waals surface area contributed by atoms with Gasteiger partial charge in [-0.05, 0) is 17.5 Å². The molecule has 0 bridgehead atoms. The molecular weight excluding hydrogens is 274 g/mol. The maximum atomic E-state index is 13.5. The minimum absolute atomic E-state index is 0.179. The lowest BCUT2D eigenvalue weighted by Gasteiger charge is -2.09. The molecule has 1 heterocycles. The van der Waals surface area contributed by atoms with Crippen molar-refractivity contribution in [2.24, 2.45) is 0 Å². The van der Waals surface area contributed by atoms with Crippen LogP contribution in [-0.4, -0.2) is 13.0 Å². The fourth-order valence-electron chi connectivity index (χ4n) is 1.52. The average molecular weight is 284 g/mol. The number of anilines is 2. The van der Waals surface area contributed by atoms with Crippen LogP contribution in [-0.2, 0) is 0 Å². The van der Waals surface area contributed by atoms with Crippen LogP contribution in [0.1, 0.15) is 9.67 Å². The van der Waals surface area contributed by atoms with E-state index in [1.807, 2.05) is 0 Å². The average Bonchev–Trinajstić information content (AvgIpc) is 2.81. The van der Waals surface area contributed by atoms with E-state index >= 15 is 0 Å². The highest BCUT2D eigenvalue weighted by molar-refractivity contribution is 7.12. The van der Waals surface area contributed by atoms with Gasteiger partial charge < -0.3 is 15.8 Å². The molecule has 0 radical (unpaired) electrons. The summed E-state index contributed by atoms with van der Waals surface area (Å²) in [6, 6.07) is 3.20. The van der Waals surface area contributed by atoms with Gasteiger partial charge in [0.05, 0.1) is 12.8 Å². The fraction of sp³-hybridized carbons (Fsp3) is 0.0833. The van der Waals surface area contributed by atoms with E-state index in [1.165, 1.54) is 7.11 Å². The van der Waals surface area contributed by atoms with Crippen LogP contribution in [0.3, 0.4) is 0 Å². The molecule has 1 amide bonds. The number of nitrogens with two attached hydrogens (primary N) is 1. The first-order valence-electron chi connectivity index (χ1n) is 5.20. The number of hydrogen-bond donors (Lipinski definition) is 2. The zero-order chi connectivity index (χ0) is 14.0. The Morgan fingerprint density at radius 1 is 1.42 bits per heavy atom. The van der Waals surface area contributed by atoms with Crippen LogP contribution >= 0.6 is 11.3 Å². The Balaban J connectivity index is 2.29. The van der Waals surface area contributed by atoms with Crippen molar-refractivity contribution in [1.29, 1.82) is 0 Å². The molecule has 2 aromatic rings. The van der Waals surface area contributed by atoms with Gasteiger partial charge in [0.25, 0.3) is 5.91 Å². The molecule has 0 atom stereocenters. The van der Waals surface area contributed by atoms with Crippen molar-refractivity contribution >= 4 is 28.6 Å². The quantitative estimate of drug-likeness (QED) is 0.852. The molecule has 0 saturated heterocycles. The maximum Gasteiger partial charge on any atom is 0.269 e. The molecule has 0 aliphatic carbocycles. The molecule has 3 N–H and O–H groups in total. The molecular formula is C12H10F2N2O2S. The zero-order valence-electron chi connectivity index (χ0n) is 9.87. The summed E-state index contributed by atoms with van der Waals surface area (Å²) in [6.45, 7) is 0. The first-order chi connectivity index (χ1) is 9.02. The third-order valence-corrected chi connectivity index (χ3v) is 3.27. The second-order valence-electron chi connectivity index (χ2n) is 3.62. The molecule has 0 unspecified atom stereocenters. The number of halogens is 2. The number of nitrogens with one attached hydrogen (secondary N) is 1. The monoisotopic (exact) mass is 284 g/mol. The minimum atomic E-state index is -0.929. The maximum absolute atomic E-state index is 13.5. The van der Waals surface area contributed by atoms with Gasteiger partial charge in [-0.3, -0.25) is 4.79 Å². The Bertz CT molecular complexity index is 605. The minimum Gasteiger partial charge on any atom is -0.495 e. The van der Waals surface area contributed by atoms with Gasteiger partial charge in [-0.15, -0.1) is 11.3 Å². The van der Waals surface area contributed by atoms with Crippen LogP contribution in [0.25, 0.3) is 0 Å². The Kier molecular flexibility index (Phi) is 3.66. The molecule has 2 rings (SSSR count). The number of ether oxygens (including phenoxy) is 1. The Morgan fingerprint density at radius 3 is 2.79 bits per heavy atom. The van der Waals surface area contributed by atoms with Crippen LogP contribution in [0.5, 0.6) is 5.75 Å². The predicted octanol–water partition coefficient (Wildman–Crippen LogP) is 2.87. The number of nitrogen functional groups attached to an aromatic ring is 1. The number of thiophene rings is 1. The third-order valence-electron chi connectivity index (χ3n) is 2.38. The van der Waals surface area contributed by atoms with Crippen molar-refractivity contribution in [3.8, 4) is 5.75 Å². The number of amides is 1. The summed E-state index contributed by atoms with van der Waals surface area (Å²) in [5.74, 6) is -1.92. The number of rotatable bonds is 3. The van der Waals surface area contributed by atoms with Gasteiger partial charge in [-0.25, -0.2) is 8.78 Å². The van der Waals surface area contributed by atoms with Gasteiger partial charge in [0.1, 0.15) is 22.1 Å². The molecule has 0 spiro atoms. The van der Waals surface area contributed by atoms with Crippen molar-refractivity contribution in [2.45, 2.75) is 0 Å². The van der Waals surface area contributed by atoms with Crippen molar-refractivity contribution in [1.82, 2.24) is 0 Å². The lowest BCUT2D eigenvalue weighted by atomic mass is 10.2. The normalized spacial score (nSPS) is 10.3. The lowest BCUT2D eigenvalue weighted by molar-refractivity contribution is 0.102. The summed E-state index contributed by atoms with van der Waals surface area (Å²) in [6.07, 6.45) is 0. The topological polar surface area (TPSA) is 64.3 Å². The van der Waals surface area contributed by atoms with Gasteiger partial charge in [-0.1, -0.05) is 0 Å². The van der Waals surface area contributed by atoms with E-state index in [0.29, 0.717) is 11.8 Å².